The zero-order valence-corrected chi connectivity index (χ0v) is 48.4. The maximum absolute atomic E-state index is 15.5. The molecule has 2 aliphatic heterocycles. The number of hydrogen-bond acceptors (Lipinski definition) is 14. The molecular formula is C55H77N15O11S2. The summed E-state index contributed by atoms with van der Waals surface area (Å²) in [5.74, 6) is -10.2. The van der Waals surface area contributed by atoms with Crippen molar-refractivity contribution in [1.29, 1.82) is 0 Å². The maximum Gasteiger partial charge on any atom is 0.251 e. The molecular weight excluding hydrogens is 1110 g/mol. The van der Waals surface area contributed by atoms with E-state index in [1.807, 2.05) is 24.3 Å². The monoisotopic (exact) mass is 1190 g/mol. The molecule has 3 heterocycles. The average Bonchev–Trinajstić information content (AvgIpc) is 3.20. The number of fused-ring (bicyclic) bond motifs is 2. The van der Waals surface area contributed by atoms with Crippen molar-refractivity contribution in [2.75, 3.05) is 17.2 Å². The second-order valence-electron chi connectivity index (χ2n) is 21.4. The summed E-state index contributed by atoms with van der Waals surface area (Å²) in [6.07, 6.45) is 4.04. The fourth-order valence-corrected chi connectivity index (χ4v) is 13.7. The summed E-state index contributed by atoms with van der Waals surface area (Å²) in [5, 5.41) is 19.7. The molecule has 0 radical (unpaired) electrons. The highest BCUT2D eigenvalue weighted by Gasteiger charge is 2.44. The molecule has 1 aromatic heterocycles. The van der Waals surface area contributed by atoms with Crippen LogP contribution in [0.1, 0.15) is 109 Å². The molecule has 1 aliphatic carbocycles. The number of nitrogens with one attached hydrogen (secondary N) is 8. The number of carbonyl (C=O) groups is 11. The molecule has 0 bridgehead atoms. The van der Waals surface area contributed by atoms with Gasteiger partial charge in [-0.2, -0.15) is 0 Å². The molecule has 1 spiro atoms. The molecule has 1 saturated heterocycles. The van der Waals surface area contributed by atoms with E-state index in [1.165, 1.54) is 33.4 Å². The number of nitrogens with two attached hydrogens (primary N) is 5. The van der Waals surface area contributed by atoms with E-state index in [-0.39, 0.29) is 50.4 Å². The van der Waals surface area contributed by atoms with Crippen LogP contribution in [0.2, 0.25) is 0 Å². The number of aliphatic imine (C=N–C) groups is 1. The third-order valence-electron chi connectivity index (χ3n) is 15.1. The van der Waals surface area contributed by atoms with Crippen LogP contribution >= 0.6 is 21.6 Å². The molecule has 0 unspecified atom stereocenters. The average molecular weight is 1190 g/mol. The standard InChI is InChI=1S/C55H77N15O11S2/c1-4-29(2)45-52(80)66-36(18-19-42(56)71)48(76)67-38(25-43(57)72)49(77)68-39(28-82-83-55(20-10-5-11-21-55)26-44(73)64-37(50(78)69-45)23-32-27-62-34-15-8-7-14-33(32)34)53(81)70-40-17-9-6-13-31(40)24-41(70)51(79)65-35(16-12-22-61-54(59)60)47(75)63-30(3)46(58)74/h6-9,13-15,17,27,29-30,35-39,41,45,62H,4-5,10-12,16,18-26,28H2,1-3H3,(H2,56,71)(H2,57,72)(H2,58,74)(H,63,75)(H,64,73)(H,65,79)(H,66,80)(H,67,76)(H,68,77)(H,69,78)(H4,59,60,61)/t29-,30+,35+,36+,37-,38-,39-,41+,45-/m0/s1. The SMILES string of the molecule is CC[C@H](C)[C@@H]1NC(=O)[C@H](Cc2c[nH]c3ccccc23)NC(=O)CC2(CCCCC2)SSC[C@@H](C(=O)N2c3ccccc3C[C@@H]2C(=O)N[C@H](CCCN=C(N)N)C(=O)N[C@H](C)C(N)=O)NC(=O)[C@H](CC(N)=O)NC(=O)[C@@H](CCC(N)=O)NC1=O. The molecule has 83 heavy (non-hydrogen) atoms. The van der Waals surface area contributed by atoms with Crippen molar-refractivity contribution in [2.24, 2.45) is 39.6 Å². The highest BCUT2D eigenvalue weighted by Crippen LogP contribution is 2.48. The first-order valence-electron chi connectivity index (χ1n) is 27.8. The number of hydrogen-bond donors (Lipinski definition) is 13. The van der Waals surface area contributed by atoms with E-state index in [2.05, 4.69) is 47.2 Å². The molecule has 3 aliphatic rings. The number of primary amides is 3. The van der Waals surface area contributed by atoms with Crippen LogP contribution in [0.25, 0.3) is 10.9 Å². The van der Waals surface area contributed by atoms with Crippen LogP contribution in [0.5, 0.6) is 0 Å². The Hall–Kier alpha value is -7.88. The van der Waals surface area contributed by atoms with Crippen LogP contribution in [-0.4, -0.2) is 141 Å². The number of guanidine groups is 1. The minimum absolute atomic E-state index is 0.0140. The topological polar surface area (TPSA) is 433 Å². The van der Waals surface area contributed by atoms with Gasteiger partial charge in [-0.1, -0.05) is 97.5 Å². The fraction of sp³-hybridized carbons (Fsp3) is 0.527. The van der Waals surface area contributed by atoms with E-state index < -0.39 is 143 Å². The number of amides is 11. The lowest BCUT2D eigenvalue weighted by Crippen LogP contribution is -2.62. The Kier molecular flexibility index (Phi) is 23.2. The zero-order valence-electron chi connectivity index (χ0n) is 46.8. The van der Waals surface area contributed by atoms with Gasteiger partial charge in [0.05, 0.1) is 6.42 Å². The largest absolute Gasteiger partial charge is 0.370 e. The molecule has 2 aromatic carbocycles. The molecule has 1 saturated carbocycles. The molecule has 450 valence electrons. The Morgan fingerprint density at radius 3 is 2.14 bits per heavy atom. The number of carbonyl (C=O) groups excluding carboxylic acids is 11. The molecule has 18 N–H and O–H groups in total. The third-order valence-corrected chi connectivity index (χ3v) is 18.4. The summed E-state index contributed by atoms with van der Waals surface area (Å²) < 4.78 is -0.764. The van der Waals surface area contributed by atoms with Crippen molar-refractivity contribution in [2.45, 2.75) is 164 Å². The summed E-state index contributed by atoms with van der Waals surface area (Å²) in [6.45, 7) is 4.95. The van der Waals surface area contributed by atoms with E-state index >= 15 is 4.79 Å². The van der Waals surface area contributed by atoms with Gasteiger partial charge in [0, 0.05) is 65.5 Å². The fourth-order valence-electron chi connectivity index (χ4n) is 10.3. The molecule has 26 nitrogen and oxygen atoms in total. The third kappa shape index (κ3) is 17.8. The van der Waals surface area contributed by atoms with Crippen LogP contribution in [-0.2, 0) is 65.6 Å². The van der Waals surface area contributed by atoms with Gasteiger partial charge in [-0.25, -0.2) is 0 Å². The number of para-hydroxylation sites is 2. The van der Waals surface area contributed by atoms with E-state index in [0.717, 1.165) is 30.2 Å². The van der Waals surface area contributed by atoms with Gasteiger partial charge in [-0.15, -0.1) is 0 Å². The van der Waals surface area contributed by atoms with Gasteiger partial charge in [0.1, 0.15) is 48.3 Å². The van der Waals surface area contributed by atoms with Crippen LogP contribution < -0.4 is 70.8 Å². The van der Waals surface area contributed by atoms with E-state index in [0.29, 0.717) is 36.1 Å². The molecule has 11 amide bonds. The predicted octanol–water partition coefficient (Wildman–Crippen LogP) is -0.704. The summed E-state index contributed by atoms with van der Waals surface area (Å²) >= 11 is 0. The number of nitrogens with zero attached hydrogens (tertiary/aromatic N) is 2. The number of aromatic nitrogens is 1. The Morgan fingerprint density at radius 2 is 1.46 bits per heavy atom. The lowest BCUT2D eigenvalue weighted by Gasteiger charge is -2.37. The molecule has 3 aromatic rings. The second-order valence-corrected chi connectivity index (χ2v) is 24.2. The minimum Gasteiger partial charge on any atom is -0.370 e. The van der Waals surface area contributed by atoms with Crippen LogP contribution in [0, 0.1) is 5.92 Å². The normalized spacial score (nSPS) is 22.9. The Balaban J connectivity index is 1.41. The number of H-pyrrole nitrogens is 1. The van der Waals surface area contributed by atoms with Gasteiger partial charge in [-0.05, 0) is 68.2 Å². The van der Waals surface area contributed by atoms with E-state index in [4.69, 9.17) is 28.7 Å². The van der Waals surface area contributed by atoms with Gasteiger partial charge in [0.25, 0.3) is 5.91 Å². The van der Waals surface area contributed by atoms with Crippen molar-refractivity contribution in [3.8, 4) is 0 Å². The van der Waals surface area contributed by atoms with Crippen LogP contribution in [0.15, 0.2) is 59.7 Å². The van der Waals surface area contributed by atoms with E-state index in [1.54, 1.807) is 44.3 Å². The molecule has 9 atom stereocenters. The van der Waals surface area contributed by atoms with Gasteiger partial charge in [0.2, 0.25) is 59.1 Å². The highest BCUT2D eigenvalue weighted by molar-refractivity contribution is 8.77. The predicted molar refractivity (Wildman–Crippen MR) is 314 cm³/mol. The molecule has 28 heteroatoms. The lowest BCUT2D eigenvalue weighted by molar-refractivity contribution is -0.136. The lowest BCUT2D eigenvalue weighted by atomic mass is 9.85. The summed E-state index contributed by atoms with van der Waals surface area (Å²) in [5.41, 5.74) is 30.0. The second kappa shape index (κ2) is 29.9. The van der Waals surface area contributed by atoms with Crippen LogP contribution in [0.4, 0.5) is 5.69 Å². The van der Waals surface area contributed by atoms with Crippen molar-refractivity contribution >= 4 is 109 Å². The number of benzene rings is 2. The summed E-state index contributed by atoms with van der Waals surface area (Å²) in [6, 6.07) is 2.92. The van der Waals surface area contributed by atoms with Crippen molar-refractivity contribution < 1.29 is 52.7 Å². The highest BCUT2D eigenvalue weighted by atomic mass is 33.1. The van der Waals surface area contributed by atoms with Crippen LogP contribution in [0.3, 0.4) is 0 Å². The number of rotatable bonds is 19. The smallest absolute Gasteiger partial charge is 0.251 e. The van der Waals surface area contributed by atoms with Crippen molar-refractivity contribution in [3.05, 3.63) is 65.9 Å². The number of aromatic amines is 1. The van der Waals surface area contributed by atoms with Gasteiger partial charge < -0.3 is 70.9 Å². The molecule has 6 rings (SSSR count). The van der Waals surface area contributed by atoms with Gasteiger partial charge >= 0.3 is 0 Å². The quantitative estimate of drug-likeness (QED) is 0.0305. The van der Waals surface area contributed by atoms with Gasteiger partial charge in [-0.3, -0.25) is 62.6 Å². The van der Waals surface area contributed by atoms with Gasteiger partial charge in [0.15, 0.2) is 5.96 Å². The minimum atomic E-state index is -1.79. The zero-order chi connectivity index (χ0) is 60.5. The van der Waals surface area contributed by atoms with E-state index in [9.17, 15) is 47.9 Å². The Labute approximate surface area is 488 Å². The first-order chi connectivity index (χ1) is 39.5. The first kappa shape index (κ1) is 64.3. The van der Waals surface area contributed by atoms with Crippen molar-refractivity contribution in [1.82, 2.24) is 42.2 Å². The Bertz CT molecular complexity index is 2930. The molecule has 2 fully saturated rings. The van der Waals surface area contributed by atoms with Crippen molar-refractivity contribution in [3.63, 3.8) is 0 Å². The summed E-state index contributed by atoms with van der Waals surface area (Å²) in [7, 11) is 2.51. The number of anilines is 1. The first-order valence-corrected chi connectivity index (χ1v) is 30.1. The Morgan fingerprint density at radius 1 is 0.783 bits per heavy atom. The maximum atomic E-state index is 15.5. The summed E-state index contributed by atoms with van der Waals surface area (Å²) in [4.78, 5) is 162.